The highest BCUT2D eigenvalue weighted by molar-refractivity contribution is 9.09. The Morgan fingerprint density at radius 1 is 1.12 bits per heavy atom. The van der Waals surface area contributed by atoms with Crippen LogP contribution in [0.3, 0.4) is 0 Å². The van der Waals surface area contributed by atoms with Crippen LogP contribution in [0.4, 0.5) is 0 Å². The summed E-state index contributed by atoms with van der Waals surface area (Å²) in [7, 11) is 2.69. The molecule has 0 heterocycles. The first-order chi connectivity index (χ1) is 8.10. The van der Waals surface area contributed by atoms with Gasteiger partial charge in [-0.2, -0.15) is 0 Å². The van der Waals surface area contributed by atoms with E-state index in [-0.39, 0.29) is 0 Å². The van der Waals surface area contributed by atoms with Gasteiger partial charge in [-0.3, -0.25) is 0 Å². The highest BCUT2D eigenvalue weighted by Crippen LogP contribution is 2.95. The maximum absolute atomic E-state index is 3.91. The van der Waals surface area contributed by atoms with Gasteiger partial charge in [-0.25, -0.2) is 0 Å². The highest BCUT2D eigenvalue weighted by atomic mass is 79.9. The molecule has 6 aliphatic carbocycles. The van der Waals surface area contributed by atoms with Crippen molar-refractivity contribution < 1.29 is 0 Å². The molecule has 0 aliphatic heterocycles. The van der Waals surface area contributed by atoms with Gasteiger partial charge in [-0.15, -0.1) is 0 Å². The van der Waals surface area contributed by atoms with E-state index in [9.17, 15) is 0 Å². The van der Waals surface area contributed by atoms with Crippen molar-refractivity contribution >= 4 is 23.8 Å². The molecule has 0 aromatic heterocycles. The van der Waals surface area contributed by atoms with Crippen LogP contribution in [0.15, 0.2) is 0 Å². The molecule has 17 heavy (non-hydrogen) atoms. The minimum atomic E-state index is 0.828. The molecule has 11 unspecified atom stereocenters. The number of rotatable bonds is 0. The first-order valence-corrected chi connectivity index (χ1v) is 8.66. The van der Waals surface area contributed by atoms with Crippen LogP contribution in [0.25, 0.3) is 0 Å². The topological polar surface area (TPSA) is 0 Å². The lowest BCUT2D eigenvalue weighted by molar-refractivity contribution is -0.283. The molecule has 0 aromatic carbocycles. The Morgan fingerprint density at radius 2 is 1.88 bits per heavy atom. The largest absolute Gasteiger partial charge is 0.110 e. The van der Waals surface area contributed by atoms with Gasteiger partial charge >= 0.3 is 0 Å². The lowest BCUT2D eigenvalue weighted by Crippen LogP contribution is -2.75. The van der Waals surface area contributed by atoms with Crippen molar-refractivity contribution in [3.8, 4) is 0 Å². The van der Waals surface area contributed by atoms with E-state index in [4.69, 9.17) is 0 Å². The summed E-state index contributed by atoms with van der Waals surface area (Å²) in [6.07, 6.45) is 4.71. The molecule has 0 radical (unpaired) electrons. The summed E-state index contributed by atoms with van der Waals surface area (Å²) in [5, 5.41) is 0.828. The maximum atomic E-state index is 3.91. The Kier molecular flexibility index (Phi) is 1.23. The number of hydrogen-bond donors (Lipinski definition) is 0. The summed E-state index contributed by atoms with van der Waals surface area (Å²) in [6.45, 7) is 2.59. The van der Waals surface area contributed by atoms with E-state index in [0.29, 0.717) is 0 Å². The molecule has 0 N–H and O–H groups in total. The third-order valence-electron chi connectivity index (χ3n) is 8.79. The summed E-state index contributed by atoms with van der Waals surface area (Å²) in [6, 6.07) is 0. The normalized spacial score (nSPS) is 84.5. The van der Waals surface area contributed by atoms with Crippen molar-refractivity contribution in [2.75, 3.05) is 0 Å². The molecular weight excluding hydrogens is 271 g/mol. The van der Waals surface area contributed by atoms with Gasteiger partial charge in [0.05, 0.1) is 0 Å². The van der Waals surface area contributed by atoms with Gasteiger partial charge < -0.3 is 0 Å². The molecule has 0 nitrogen and oxygen atoms in total. The molecule has 6 rings (SSSR count). The monoisotopic (exact) mass is 290 g/mol. The highest BCUT2D eigenvalue weighted by Gasteiger charge is 2.88. The molecular formula is C15H20BBr. The van der Waals surface area contributed by atoms with Gasteiger partial charge in [0.25, 0.3) is 0 Å². The van der Waals surface area contributed by atoms with E-state index >= 15 is 0 Å². The Hall–Kier alpha value is 0.545. The Labute approximate surface area is 113 Å². The fraction of sp³-hybridized carbons (Fsp3) is 1.00. The van der Waals surface area contributed by atoms with Crippen LogP contribution in [-0.2, 0) is 0 Å². The molecule has 0 amide bonds. The second-order valence-electron chi connectivity index (χ2n) is 8.66. The minimum Gasteiger partial charge on any atom is -0.0884 e. The molecule has 6 saturated carbocycles. The summed E-state index contributed by atoms with van der Waals surface area (Å²) >= 11 is 3.91. The van der Waals surface area contributed by atoms with Crippen molar-refractivity contribution in [1.82, 2.24) is 0 Å². The lowest BCUT2D eigenvalue weighted by atomic mass is 9.20. The van der Waals surface area contributed by atoms with Crippen LogP contribution >= 0.6 is 15.9 Å². The van der Waals surface area contributed by atoms with Gasteiger partial charge in [0.2, 0.25) is 0 Å². The van der Waals surface area contributed by atoms with Crippen molar-refractivity contribution in [1.29, 1.82) is 0 Å². The second kappa shape index (κ2) is 2.21. The summed E-state index contributed by atoms with van der Waals surface area (Å²) in [4.78, 5) is 0.912. The third-order valence-corrected chi connectivity index (χ3v) is 10.0. The molecule has 6 aliphatic rings. The standard InChI is InChI=1S/C15H20BBr/c1-5-6-2-8(6)15(16)11(5)10-12-7(13(10)15)3-14(12)4-9(14)17/h5-13H,2-4,16H2,1H3. The fourth-order valence-corrected chi connectivity index (χ4v) is 9.31. The first-order valence-electron chi connectivity index (χ1n) is 7.75. The van der Waals surface area contributed by atoms with E-state index in [1.165, 1.54) is 36.0 Å². The van der Waals surface area contributed by atoms with Crippen LogP contribution in [0.2, 0.25) is 5.31 Å². The molecule has 2 heteroatoms. The van der Waals surface area contributed by atoms with Crippen LogP contribution < -0.4 is 0 Å². The average Bonchev–Trinajstić information content (AvgIpc) is 3.09. The molecule has 0 bridgehead atoms. The van der Waals surface area contributed by atoms with Gasteiger partial charge in [0.15, 0.2) is 0 Å². The predicted molar refractivity (Wildman–Crippen MR) is 73.8 cm³/mol. The van der Waals surface area contributed by atoms with E-state index in [0.717, 1.165) is 33.3 Å². The molecule has 0 aromatic rings. The van der Waals surface area contributed by atoms with Crippen molar-refractivity contribution in [3.05, 3.63) is 0 Å². The van der Waals surface area contributed by atoms with Crippen LogP contribution in [0.5, 0.6) is 0 Å². The summed E-state index contributed by atoms with van der Waals surface area (Å²) < 4.78 is 0. The first kappa shape index (κ1) is 9.45. The third kappa shape index (κ3) is 0.665. The van der Waals surface area contributed by atoms with E-state index in [2.05, 4.69) is 30.7 Å². The number of alkyl halides is 1. The summed E-state index contributed by atoms with van der Waals surface area (Å²) in [5.41, 5.74) is 0.833. The maximum Gasteiger partial charge on any atom is 0.110 e. The van der Waals surface area contributed by atoms with Gasteiger partial charge in [0, 0.05) is 4.83 Å². The smallest absolute Gasteiger partial charge is 0.0884 e. The molecule has 0 saturated heterocycles. The Bertz CT molecular complexity index is 464. The Morgan fingerprint density at radius 3 is 2.59 bits per heavy atom. The molecule has 11 atom stereocenters. The number of hydrogen-bond acceptors (Lipinski definition) is 0. The Balaban J connectivity index is 1.41. The SMILES string of the molecule is BC12C3CC3C(C)C1C1C3C(CC34CC4Br)C12. The minimum absolute atomic E-state index is 0.828. The van der Waals surface area contributed by atoms with E-state index in [1.54, 1.807) is 12.8 Å². The van der Waals surface area contributed by atoms with Crippen molar-refractivity contribution in [3.63, 3.8) is 0 Å². The van der Waals surface area contributed by atoms with Gasteiger partial charge in [0.1, 0.15) is 7.85 Å². The van der Waals surface area contributed by atoms with Crippen molar-refractivity contribution in [2.24, 2.45) is 52.8 Å². The summed E-state index contributed by atoms with van der Waals surface area (Å²) in [5.74, 6) is 9.27. The van der Waals surface area contributed by atoms with Crippen LogP contribution in [0, 0.1) is 52.8 Å². The zero-order valence-corrected chi connectivity index (χ0v) is 12.3. The van der Waals surface area contributed by atoms with Gasteiger partial charge in [-0.05, 0) is 77.3 Å². The second-order valence-corrected chi connectivity index (χ2v) is 9.76. The van der Waals surface area contributed by atoms with E-state index in [1.807, 2.05) is 0 Å². The van der Waals surface area contributed by atoms with Crippen LogP contribution in [0.1, 0.15) is 26.2 Å². The van der Waals surface area contributed by atoms with Gasteiger partial charge in [-0.1, -0.05) is 22.9 Å². The fourth-order valence-electron chi connectivity index (χ4n) is 8.21. The van der Waals surface area contributed by atoms with Crippen molar-refractivity contribution in [2.45, 2.75) is 36.3 Å². The predicted octanol–water partition coefficient (Wildman–Crippen LogP) is 2.73. The zero-order chi connectivity index (χ0) is 11.3. The molecule has 1 spiro atoms. The van der Waals surface area contributed by atoms with E-state index < -0.39 is 0 Å². The molecule has 90 valence electrons. The quantitative estimate of drug-likeness (QED) is 0.475. The van der Waals surface area contributed by atoms with Crippen LogP contribution in [-0.4, -0.2) is 12.7 Å². The zero-order valence-electron chi connectivity index (χ0n) is 10.7. The average molecular weight is 291 g/mol. The number of fused-ring (bicyclic) bond motifs is 10. The molecule has 6 fully saturated rings. The number of halogens is 1. The lowest BCUT2D eigenvalue weighted by Gasteiger charge is -2.80.